The number of aliphatic carboxylic acids is 1. The van der Waals surface area contributed by atoms with Crippen molar-refractivity contribution in [2.75, 3.05) is 11.5 Å². The molecule has 1 aromatic rings. The molecule has 0 spiro atoms. The lowest BCUT2D eigenvalue weighted by Gasteiger charge is -2.11. The third-order valence-corrected chi connectivity index (χ3v) is 4.08. The fourth-order valence-electron chi connectivity index (χ4n) is 1.90. The second kappa shape index (κ2) is 6.56. The van der Waals surface area contributed by atoms with E-state index < -0.39 is 17.7 Å². The Bertz CT molecular complexity index is 553. The summed E-state index contributed by atoms with van der Waals surface area (Å²) in [6.45, 7) is 0. The molecule has 1 heterocycles. The molecule has 1 aromatic carbocycles. The van der Waals surface area contributed by atoms with Crippen molar-refractivity contribution in [2.45, 2.75) is 12.5 Å². The lowest BCUT2D eigenvalue weighted by atomic mass is 10.1. The Kier molecular flexibility index (Phi) is 4.79. The monoisotopic (exact) mass is 295 g/mol. The first-order valence-corrected chi connectivity index (χ1v) is 7.31. The van der Waals surface area contributed by atoms with Crippen molar-refractivity contribution in [3.63, 3.8) is 0 Å². The van der Waals surface area contributed by atoms with E-state index in [4.69, 9.17) is 5.11 Å². The van der Waals surface area contributed by atoms with E-state index in [2.05, 4.69) is 5.32 Å². The number of halogens is 1. The quantitative estimate of drug-likeness (QED) is 0.835. The molecule has 0 saturated carbocycles. The number of carboxylic acid groups (broad SMARTS) is 1. The van der Waals surface area contributed by atoms with Crippen LogP contribution in [-0.2, 0) is 4.79 Å². The number of thioether (sulfide) groups is 1. The second-order valence-electron chi connectivity index (χ2n) is 4.44. The molecule has 1 aliphatic heterocycles. The molecule has 20 heavy (non-hydrogen) atoms. The Labute approximate surface area is 120 Å². The number of nitrogens with one attached hydrogen (secondary N) is 1. The molecule has 0 bridgehead atoms. The predicted octanol–water partition coefficient (Wildman–Crippen LogP) is 2.16. The molecule has 106 valence electrons. The summed E-state index contributed by atoms with van der Waals surface area (Å²) in [5.41, 5.74) is 0.382. The summed E-state index contributed by atoms with van der Waals surface area (Å²) < 4.78 is 13.9. The summed E-state index contributed by atoms with van der Waals surface area (Å²) in [6.07, 6.45) is 3.10. The normalized spacial score (nSPS) is 18.4. The third kappa shape index (κ3) is 3.84. The first-order valence-electron chi connectivity index (χ1n) is 6.15. The average Bonchev–Trinajstić information content (AvgIpc) is 2.89. The van der Waals surface area contributed by atoms with Crippen LogP contribution in [0.4, 0.5) is 4.39 Å². The van der Waals surface area contributed by atoms with Crippen LogP contribution in [0, 0.1) is 5.82 Å². The van der Waals surface area contributed by atoms with Gasteiger partial charge in [0.15, 0.2) is 0 Å². The van der Waals surface area contributed by atoms with Crippen LogP contribution in [0.5, 0.6) is 0 Å². The van der Waals surface area contributed by atoms with Crippen molar-refractivity contribution in [2.24, 2.45) is 0 Å². The Morgan fingerprint density at radius 3 is 2.85 bits per heavy atom. The minimum absolute atomic E-state index is 0.0191. The number of carboxylic acids is 1. The molecule has 1 atom stereocenters. The van der Waals surface area contributed by atoms with E-state index in [-0.39, 0.29) is 11.6 Å². The molecule has 6 heteroatoms. The van der Waals surface area contributed by atoms with E-state index in [9.17, 15) is 14.0 Å². The van der Waals surface area contributed by atoms with Crippen molar-refractivity contribution < 1.29 is 19.1 Å². The van der Waals surface area contributed by atoms with E-state index in [0.717, 1.165) is 30.1 Å². The van der Waals surface area contributed by atoms with E-state index in [1.807, 2.05) is 0 Å². The second-order valence-corrected chi connectivity index (χ2v) is 5.59. The Morgan fingerprint density at radius 2 is 2.25 bits per heavy atom. The van der Waals surface area contributed by atoms with Crippen molar-refractivity contribution >= 4 is 29.7 Å². The van der Waals surface area contributed by atoms with E-state index in [1.54, 1.807) is 11.8 Å². The highest BCUT2D eigenvalue weighted by atomic mass is 32.2. The molecular weight excluding hydrogens is 281 g/mol. The third-order valence-electron chi connectivity index (χ3n) is 2.92. The van der Waals surface area contributed by atoms with Crippen LogP contribution >= 0.6 is 11.8 Å². The van der Waals surface area contributed by atoms with Gasteiger partial charge in [0.1, 0.15) is 5.82 Å². The topological polar surface area (TPSA) is 66.4 Å². The zero-order chi connectivity index (χ0) is 14.5. The number of amides is 1. The molecule has 0 radical (unpaired) electrons. The highest BCUT2D eigenvalue weighted by molar-refractivity contribution is 7.99. The van der Waals surface area contributed by atoms with Crippen LogP contribution in [0.2, 0.25) is 0 Å². The predicted molar refractivity (Wildman–Crippen MR) is 76.3 cm³/mol. The van der Waals surface area contributed by atoms with Gasteiger partial charge in [-0.3, -0.25) is 4.79 Å². The maximum absolute atomic E-state index is 13.9. The van der Waals surface area contributed by atoms with Crippen LogP contribution in [0.15, 0.2) is 24.3 Å². The lowest BCUT2D eigenvalue weighted by molar-refractivity contribution is -0.131. The number of benzene rings is 1. The van der Waals surface area contributed by atoms with Crippen molar-refractivity contribution in [3.05, 3.63) is 41.2 Å². The first-order chi connectivity index (χ1) is 9.56. The molecule has 1 fully saturated rings. The maximum atomic E-state index is 13.9. The van der Waals surface area contributed by atoms with Gasteiger partial charge in [0, 0.05) is 17.9 Å². The van der Waals surface area contributed by atoms with Gasteiger partial charge in [-0.15, -0.1) is 0 Å². The van der Waals surface area contributed by atoms with Crippen molar-refractivity contribution in [3.8, 4) is 0 Å². The van der Waals surface area contributed by atoms with Crippen LogP contribution in [-0.4, -0.2) is 34.5 Å². The van der Waals surface area contributed by atoms with E-state index >= 15 is 0 Å². The number of rotatable bonds is 4. The Balaban J connectivity index is 2.08. The summed E-state index contributed by atoms with van der Waals surface area (Å²) in [5, 5.41) is 11.3. The van der Waals surface area contributed by atoms with Crippen LogP contribution in [0.3, 0.4) is 0 Å². The highest BCUT2D eigenvalue weighted by Crippen LogP contribution is 2.18. The summed E-state index contributed by atoms with van der Waals surface area (Å²) in [6, 6.07) is 4.13. The minimum atomic E-state index is -1.11. The van der Waals surface area contributed by atoms with Crippen LogP contribution in [0.1, 0.15) is 22.3 Å². The van der Waals surface area contributed by atoms with Gasteiger partial charge in [-0.05, 0) is 35.9 Å². The molecule has 2 rings (SSSR count). The zero-order valence-electron chi connectivity index (χ0n) is 10.6. The standard InChI is InChI=1S/C14H14FNO3S/c15-12-7-9(2-4-13(17)18)1-3-11(12)14(19)16-10-5-6-20-8-10/h1-4,7,10H,5-6,8H2,(H,16,19)(H,17,18)/b4-2+. The molecular formula is C14H14FNO3S. The van der Waals surface area contributed by atoms with Gasteiger partial charge < -0.3 is 10.4 Å². The summed E-state index contributed by atoms with van der Waals surface area (Å²) >= 11 is 1.76. The molecule has 0 aliphatic carbocycles. The van der Waals surface area contributed by atoms with Crippen LogP contribution in [0.25, 0.3) is 6.08 Å². The fourth-order valence-corrected chi connectivity index (χ4v) is 3.05. The molecule has 1 amide bonds. The number of hydrogen-bond acceptors (Lipinski definition) is 3. The lowest BCUT2D eigenvalue weighted by Crippen LogP contribution is -2.35. The first kappa shape index (κ1) is 14.6. The molecule has 0 aromatic heterocycles. The fraction of sp³-hybridized carbons (Fsp3) is 0.286. The smallest absolute Gasteiger partial charge is 0.328 e. The summed E-state index contributed by atoms with van der Waals surface area (Å²) in [4.78, 5) is 22.3. The van der Waals surface area contributed by atoms with E-state index in [1.165, 1.54) is 18.2 Å². The Morgan fingerprint density at radius 1 is 1.45 bits per heavy atom. The zero-order valence-corrected chi connectivity index (χ0v) is 11.5. The number of carbonyl (C=O) groups excluding carboxylic acids is 1. The molecule has 1 aliphatic rings. The summed E-state index contributed by atoms with van der Waals surface area (Å²) in [7, 11) is 0. The van der Waals surface area contributed by atoms with Crippen molar-refractivity contribution in [1.29, 1.82) is 0 Å². The highest BCUT2D eigenvalue weighted by Gasteiger charge is 2.20. The van der Waals surface area contributed by atoms with Gasteiger partial charge >= 0.3 is 5.97 Å². The molecule has 2 N–H and O–H groups in total. The minimum Gasteiger partial charge on any atom is -0.478 e. The molecule has 4 nitrogen and oxygen atoms in total. The SMILES string of the molecule is O=C(O)/C=C/c1ccc(C(=O)NC2CCSC2)c(F)c1. The number of hydrogen-bond donors (Lipinski definition) is 2. The van der Waals surface area contributed by atoms with Crippen LogP contribution < -0.4 is 5.32 Å². The van der Waals surface area contributed by atoms with E-state index in [0.29, 0.717) is 5.56 Å². The van der Waals surface area contributed by atoms with Gasteiger partial charge in [-0.2, -0.15) is 11.8 Å². The van der Waals surface area contributed by atoms with Gasteiger partial charge in [-0.1, -0.05) is 6.07 Å². The van der Waals surface area contributed by atoms with Gasteiger partial charge in [0.25, 0.3) is 5.91 Å². The van der Waals surface area contributed by atoms with Crippen molar-refractivity contribution in [1.82, 2.24) is 5.32 Å². The number of carbonyl (C=O) groups is 2. The average molecular weight is 295 g/mol. The van der Waals surface area contributed by atoms with Gasteiger partial charge in [0.05, 0.1) is 5.56 Å². The van der Waals surface area contributed by atoms with Gasteiger partial charge in [-0.25, -0.2) is 9.18 Å². The maximum Gasteiger partial charge on any atom is 0.328 e. The van der Waals surface area contributed by atoms with Gasteiger partial charge in [0.2, 0.25) is 0 Å². The molecule has 1 saturated heterocycles. The summed E-state index contributed by atoms with van der Waals surface area (Å²) in [5.74, 6) is -0.325. The largest absolute Gasteiger partial charge is 0.478 e. The molecule has 1 unspecified atom stereocenters. The Hall–Kier alpha value is -1.82.